The molecule has 1 amide bonds. The Morgan fingerprint density at radius 2 is 2.00 bits per heavy atom. The highest BCUT2D eigenvalue weighted by Crippen LogP contribution is 2.16. The number of aromatic nitrogens is 2. The molecule has 0 fully saturated rings. The van der Waals surface area contributed by atoms with Gasteiger partial charge >= 0.3 is 0 Å². The standard InChI is InChI=1S/C17H16FN3O2/c1-11(17-20-13-7-3-4-8-14(13)21-17)19-16(22)10-23-15-9-5-2-6-12(15)18/h2-9,11H,10H2,1H3,(H,19,22)(H,20,21)/t11-/m0/s1. The van der Waals surface area contributed by atoms with E-state index in [-0.39, 0.29) is 24.3 Å². The van der Waals surface area contributed by atoms with Gasteiger partial charge in [-0.1, -0.05) is 24.3 Å². The van der Waals surface area contributed by atoms with Gasteiger partial charge in [-0.05, 0) is 31.2 Å². The summed E-state index contributed by atoms with van der Waals surface area (Å²) >= 11 is 0. The Bertz CT molecular complexity index is 798. The molecule has 1 heterocycles. The van der Waals surface area contributed by atoms with Crippen LogP contribution in [0.3, 0.4) is 0 Å². The predicted molar refractivity (Wildman–Crippen MR) is 84.5 cm³/mol. The molecule has 0 aliphatic heterocycles. The maximum absolute atomic E-state index is 13.4. The molecule has 5 nitrogen and oxygen atoms in total. The van der Waals surface area contributed by atoms with Crippen molar-refractivity contribution in [2.45, 2.75) is 13.0 Å². The van der Waals surface area contributed by atoms with Crippen LogP contribution in [0.15, 0.2) is 48.5 Å². The highest BCUT2D eigenvalue weighted by Gasteiger charge is 2.14. The van der Waals surface area contributed by atoms with Crippen molar-refractivity contribution >= 4 is 16.9 Å². The third-order valence-electron chi connectivity index (χ3n) is 3.39. The molecule has 1 aromatic heterocycles. The van der Waals surface area contributed by atoms with Gasteiger partial charge in [0.25, 0.3) is 5.91 Å². The smallest absolute Gasteiger partial charge is 0.258 e. The van der Waals surface area contributed by atoms with E-state index < -0.39 is 5.82 Å². The first kappa shape index (κ1) is 15.0. The number of hydrogen-bond acceptors (Lipinski definition) is 3. The van der Waals surface area contributed by atoms with E-state index in [1.54, 1.807) is 12.1 Å². The van der Waals surface area contributed by atoms with E-state index in [0.717, 1.165) is 11.0 Å². The van der Waals surface area contributed by atoms with Gasteiger partial charge in [-0.25, -0.2) is 9.37 Å². The Balaban J connectivity index is 1.60. The first-order chi connectivity index (χ1) is 11.1. The number of carbonyl (C=O) groups excluding carboxylic acids is 1. The summed E-state index contributed by atoms with van der Waals surface area (Å²) in [5, 5.41) is 2.77. The molecular weight excluding hydrogens is 297 g/mol. The Kier molecular flexibility index (Phi) is 4.23. The maximum Gasteiger partial charge on any atom is 0.258 e. The van der Waals surface area contributed by atoms with Gasteiger partial charge in [-0.3, -0.25) is 4.79 Å². The van der Waals surface area contributed by atoms with Gasteiger partial charge in [0.05, 0.1) is 17.1 Å². The summed E-state index contributed by atoms with van der Waals surface area (Å²) in [4.78, 5) is 19.5. The molecule has 0 spiro atoms. The minimum Gasteiger partial charge on any atom is -0.481 e. The van der Waals surface area contributed by atoms with E-state index in [2.05, 4.69) is 15.3 Å². The number of para-hydroxylation sites is 3. The van der Waals surface area contributed by atoms with Crippen molar-refractivity contribution in [2.24, 2.45) is 0 Å². The summed E-state index contributed by atoms with van der Waals surface area (Å²) in [6.07, 6.45) is 0. The molecule has 0 unspecified atom stereocenters. The molecule has 0 saturated heterocycles. The van der Waals surface area contributed by atoms with Crippen molar-refractivity contribution in [3.8, 4) is 5.75 Å². The first-order valence-electron chi connectivity index (χ1n) is 7.25. The molecule has 0 radical (unpaired) electrons. The second kappa shape index (κ2) is 6.48. The van der Waals surface area contributed by atoms with Crippen LogP contribution in [-0.4, -0.2) is 22.5 Å². The van der Waals surface area contributed by atoms with Crippen LogP contribution >= 0.6 is 0 Å². The number of halogens is 1. The lowest BCUT2D eigenvalue weighted by Gasteiger charge is -2.12. The largest absolute Gasteiger partial charge is 0.481 e. The van der Waals surface area contributed by atoms with Gasteiger partial charge in [-0.2, -0.15) is 0 Å². The number of rotatable bonds is 5. The number of H-pyrrole nitrogens is 1. The summed E-state index contributed by atoms with van der Waals surface area (Å²) < 4.78 is 18.6. The summed E-state index contributed by atoms with van der Waals surface area (Å²) in [6.45, 7) is 1.56. The molecule has 0 aliphatic rings. The fourth-order valence-corrected chi connectivity index (χ4v) is 2.23. The molecule has 6 heteroatoms. The van der Waals surface area contributed by atoms with Crippen LogP contribution in [0.1, 0.15) is 18.8 Å². The summed E-state index contributed by atoms with van der Waals surface area (Å²) in [6, 6.07) is 13.3. The normalized spacial score (nSPS) is 12.1. The van der Waals surface area contributed by atoms with Gasteiger partial charge < -0.3 is 15.0 Å². The van der Waals surface area contributed by atoms with E-state index in [1.807, 2.05) is 31.2 Å². The number of aromatic amines is 1. The number of imidazole rings is 1. The number of fused-ring (bicyclic) bond motifs is 1. The van der Waals surface area contributed by atoms with E-state index in [4.69, 9.17) is 4.74 Å². The van der Waals surface area contributed by atoms with E-state index in [0.29, 0.717) is 5.82 Å². The zero-order valence-corrected chi connectivity index (χ0v) is 12.5. The van der Waals surface area contributed by atoms with Crippen molar-refractivity contribution in [1.29, 1.82) is 0 Å². The molecule has 0 bridgehead atoms. The number of benzene rings is 2. The fraction of sp³-hybridized carbons (Fsp3) is 0.176. The number of nitrogens with one attached hydrogen (secondary N) is 2. The highest BCUT2D eigenvalue weighted by atomic mass is 19.1. The van der Waals surface area contributed by atoms with Gasteiger partial charge in [0.2, 0.25) is 0 Å². The van der Waals surface area contributed by atoms with Gasteiger partial charge in [0, 0.05) is 0 Å². The Morgan fingerprint density at radius 1 is 1.26 bits per heavy atom. The summed E-state index contributed by atoms with van der Waals surface area (Å²) in [5.41, 5.74) is 1.75. The zero-order valence-electron chi connectivity index (χ0n) is 12.5. The quantitative estimate of drug-likeness (QED) is 0.761. The van der Waals surface area contributed by atoms with Crippen molar-refractivity contribution in [1.82, 2.24) is 15.3 Å². The summed E-state index contributed by atoms with van der Waals surface area (Å²) in [5.74, 6) is -0.128. The average Bonchev–Trinajstić information content (AvgIpc) is 2.98. The second-order valence-corrected chi connectivity index (χ2v) is 5.15. The van der Waals surface area contributed by atoms with E-state index in [1.165, 1.54) is 12.1 Å². The van der Waals surface area contributed by atoms with Crippen LogP contribution in [0.2, 0.25) is 0 Å². The lowest BCUT2D eigenvalue weighted by Crippen LogP contribution is -2.31. The fourth-order valence-electron chi connectivity index (χ4n) is 2.23. The van der Waals surface area contributed by atoms with Crippen LogP contribution < -0.4 is 10.1 Å². The average molecular weight is 313 g/mol. The van der Waals surface area contributed by atoms with Crippen LogP contribution in [0, 0.1) is 5.82 Å². The second-order valence-electron chi connectivity index (χ2n) is 5.15. The monoisotopic (exact) mass is 313 g/mol. The van der Waals surface area contributed by atoms with Crippen LogP contribution in [0.4, 0.5) is 4.39 Å². The minimum atomic E-state index is -0.495. The first-order valence-corrected chi connectivity index (χ1v) is 7.25. The van der Waals surface area contributed by atoms with Gasteiger partial charge in [-0.15, -0.1) is 0 Å². The van der Waals surface area contributed by atoms with Gasteiger partial charge in [0.1, 0.15) is 5.82 Å². The molecule has 1 atom stereocenters. The van der Waals surface area contributed by atoms with Crippen molar-refractivity contribution in [3.05, 3.63) is 60.2 Å². The molecule has 0 aliphatic carbocycles. The van der Waals surface area contributed by atoms with Crippen LogP contribution in [0.25, 0.3) is 11.0 Å². The molecule has 118 valence electrons. The topological polar surface area (TPSA) is 67.0 Å². The van der Waals surface area contributed by atoms with E-state index >= 15 is 0 Å². The Labute approximate surface area is 132 Å². The lowest BCUT2D eigenvalue weighted by molar-refractivity contribution is -0.123. The van der Waals surface area contributed by atoms with Crippen molar-refractivity contribution in [2.75, 3.05) is 6.61 Å². The molecular formula is C17H16FN3O2. The lowest BCUT2D eigenvalue weighted by atomic mass is 10.3. The highest BCUT2D eigenvalue weighted by molar-refractivity contribution is 5.78. The number of ether oxygens (including phenoxy) is 1. The van der Waals surface area contributed by atoms with Crippen LogP contribution in [0.5, 0.6) is 5.75 Å². The molecule has 0 saturated carbocycles. The molecule has 3 rings (SSSR count). The minimum absolute atomic E-state index is 0.0547. The third kappa shape index (κ3) is 3.48. The van der Waals surface area contributed by atoms with E-state index in [9.17, 15) is 9.18 Å². The Morgan fingerprint density at radius 3 is 2.78 bits per heavy atom. The number of amides is 1. The van der Waals surface area contributed by atoms with Gasteiger partial charge in [0.15, 0.2) is 18.2 Å². The number of carbonyl (C=O) groups is 1. The summed E-state index contributed by atoms with van der Waals surface area (Å²) in [7, 11) is 0. The third-order valence-corrected chi connectivity index (χ3v) is 3.39. The van der Waals surface area contributed by atoms with Crippen molar-refractivity contribution in [3.63, 3.8) is 0 Å². The predicted octanol–water partition coefficient (Wildman–Crippen LogP) is 2.96. The SMILES string of the molecule is C[C@H](NC(=O)COc1ccccc1F)c1nc2ccccc2[nH]1. The van der Waals surface area contributed by atoms with Crippen molar-refractivity contribution < 1.29 is 13.9 Å². The zero-order chi connectivity index (χ0) is 16.2. The van der Waals surface area contributed by atoms with Crippen LogP contribution in [-0.2, 0) is 4.79 Å². The molecule has 2 N–H and O–H groups in total. The maximum atomic E-state index is 13.4. The Hall–Kier alpha value is -2.89. The number of hydrogen-bond donors (Lipinski definition) is 2. The molecule has 3 aromatic rings. The molecule has 2 aromatic carbocycles. The molecule has 23 heavy (non-hydrogen) atoms. The number of nitrogens with zero attached hydrogens (tertiary/aromatic N) is 1.